The summed E-state index contributed by atoms with van der Waals surface area (Å²) >= 11 is 0. The van der Waals surface area contributed by atoms with Crippen LogP contribution in [0.1, 0.15) is 13.3 Å². The van der Waals surface area contributed by atoms with E-state index in [4.69, 9.17) is 9.84 Å². The van der Waals surface area contributed by atoms with Gasteiger partial charge in [-0.25, -0.2) is 4.79 Å². The standard InChI is InChI=1S/C11H22N2O4/c1-11(16,10(14)15)9-12-3-2-4-13-5-7-17-8-6-13/h12,16H,2-9H2,1H3,(H,14,15). The average molecular weight is 246 g/mol. The third kappa shape index (κ3) is 5.45. The Bertz CT molecular complexity index is 240. The second-order valence-corrected chi connectivity index (χ2v) is 4.56. The number of morpholine rings is 1. The fraction of sp³-hybridized carbons (Fsp3) is 0.909. The van der Waals surface area contributed by atoms with Crippen molar-refractivity contribution in [3.8, 4) is 0 Å². The van der Waals surface area contributed by atoms with Gasteiger partial charge in [-0.15, -0.1) is 0 Å². The highest BCUT2D eigenvalue weighted by Crippen LogP contribution is 2.01. The minimum atomic E-state index is -1.68. The number of carboxylic acids is 1. The molecule has 17 heavy (non-hydrogen) atoms. The lowest BCUT2D eigenvalue weighted by atomic mass is 10.1. The van der Waals surface area contributed by atoms with E-state index >= 15 is 0 Å². The van der Waals surface area contributed by atoms with Crippen LogP contribution in [-0.4, -0.2) is 72.6 Å². The number of hydrogen-bond acceptors (Lipinski definition) is 5. The summed E-state index contributed by atoms with van der Waals surface area (Å²) in [6.45, 7) is 6.57. The molecule has 1 saturated heterocycles. The predicted octanol–water partition coefficient (Wildman–Crippen LogP) is -0.866. The Morgan fingerprint density at radius 2 is 2.12 bits per heavy atom. The molecule has 1 heterocycles. The molecule has 6 heteroatoms. The monoisotopic (exact) mass is 246 g/mol. The second-order valence-electron chi connectivity index (χ2n) is 4.56. The molecule has 1 unspecified atom stereocenters. The van der Waals surface area contributed by atoms with Crippen molar-refractivity contribution in [3.63, 3.8) is 0 Å². The quantitative estimate of drug-likeness (QED) is 0.507. The van der Waals surface area contributed by atoms with Crippen molar-refractivity contribution in [2.45, 2.75) is 18.9 Å². The van der Waals surface area contributed by atoms with Crippen LogP contribution in [0, 0.1) is 0 Å². The van der Waals surface area contributed by atoms with Crippen LogP contribution in [0.3, 0.4) is 0 Å². The van der Waals surface area contributed by atoms with Gasteiger partial charge >= 0.3 is 5.97 Å². The largest absolute Gasteiger partial charge is 0.479 e. The van der Waals surface area contributed by atoms with E-state index in [9.17, 15) is 9.90 Å². The molecular formula is C11H22N2O4. The number of nitrogens with zero attached hydrogens (tertiary/aromatic N) is 1. The molecule has 1 atom stereocenters. The van der Waals surface area contributed by atoms with Gasteiger partial charge in [0.25, 0.3) is 0 Å². The zero-order chi connectivity index (χ0) is 12.7. The van der Waals surface area contributed by atoms with Crippen molar-refractivity contribution in [1.29, 1.82) is 0 Å². The van der Waals surface area contributed by atoms with E-state index in [2.05, 4.69) is 10.2 Å². The molecule has 0 amide bonds. The molecule has 0 aromatic heterocycles. The van der Waals surface area contributed by atoms with Crippen LogP contribution in [0.5, 0.6) is 0 Å². The maximum absolute atomic E-state index is 10.6. The van der Waals surface area contributed by atoms with E-state index in [0.29, 0.717) is 6.54 Å². The van der Waals surface area contributed by atoms with Crippen LogP contribution in [0.15, 0.2) is 0 Å². The molecule has 0 spiro atoms. The van der Waals surface area contributed by atoms with Gasteiger partial charge in [0.15, 0.2) is 5.60 Å². The van der Waals surface area contributed by atoms with Crippen LogP contribution < -0.4 is 5.32 Å². The lowest BCUT2D eigenvalue weighted by Gasteiger charge is -2.26. The fourth-order valence-electron chi connectivity index (χ4n) is 1.66. The van der Waals surface area contributed by atoms with Crippen molar-refractivity contribution in [2.24, 2.45) is 0 Å². The van der Waals surface area contributed by atoms with E-state index in [1.165, 1.54) is 6.92 Å². The summed E-state index contributed by atoms with van der Waals surface area (Å²) in [6, 6.07) is 0. The van der Waals surface area contributed by atoms with Gasteiger partial charge in [0.2, 0.25) is 0 Å². The molecule has 3 N–H and O–H groups in total. The smallest absolute Gasteiger partial charge is 0.336 e. The summed E-state index contributed by atoms with van der Waals surface area (Å²) in [7, 11) is 0. The number of ether oxygens (including phenoxy) is 1. The van der Waals surface area contributed by atoms with Crippen molar-refractivity contribution < 1.29 is 19.7 Å². The highest BCUT2D eigenvalue weighted by atomic mass is 16.5. The summed E-state index contributed by atoms with van der Waals surface area (Å²) in [5, 5.41) is 21.1. The summed E-state index contributed by atoms with van der Waals surface area (Å²) in [6.07, 6.45) is 0.940. The van der Waals surface area contributed by atoms with Crippen LogP contribution >= 0.6 is 0 Å². The molecule has 0 aliphatic carbocycles. The number of hydrogen-bond donors (Lipinski definition) is 3. The molecule has 1 aliphatic rings. The lowest BCUT2D eigenvalue weighted by Crippen LogP contribution is -2.45. The van der Waals surface area contributed by atoms with E-state index in [1.807, 2.05) is 0 Å². The van der Waals surface area contributed by atoms with Gasteiger partial charge in [-0.1, -0.05) is 0 Å². The number of aliphatic hydroxyl groups is 1. The molecule has 1 rings (SSSR count). The van der Waals surface area contributed by atoms with E-state index in [1.54, 1.807) is 0 Å². The summed E-state index contributed by atoms with van der Waals surface area (Å²) in [5.74, 6) is -1.20. The first-order chi connectivity index (χ1) is 8.02. The van der Waals surface area contributed by atoms with Crippen LogP contribution in [0.25, 0.3) is 0 Å². The maximum atomic E-state index is 10.6. The molecule has 1 fully saturated rings. The van der Waals surface area contributed by atoms with Gasteiger partial charge in [-0.05, 0) is 26.4 Å². The summed E-state index contributed by atoms with van der Waals surface area (Å²) in [4.78, 5) is 12.9. The fourth-order valence-corrected chi connectivity index (χ4v) is 1.66. The van der Waals surface area contributed by atoms with Crippen molar-refractivity contribution in [1.82, 2.24) is 10.2 Å². The molecule has 0 radical (unpaired) electrons. The molecular weight excluding hydrogens is 224 g/mol. The Labute approximate surface area is 102 Å². The minimum absolute atomic E-state index is 0.0748. The highest BCUT2D eigenvalue weighted by Gasteiger charge is 2.28. The summed E-state index contributed by atoms with van der Waals surface area (Å²) in [5.41, 5.74) is -1.68. The first kappa shape index (κ1) is 14.4. The third-order valence-electron chi connectivity index (χ3n) is 2.86. The van der Waals surface area contributed by atoms with Crippen molar-refractivity contribution >= 4 is 5.97 Å². The van der Waals surface area contributed by atoms with Gasteiger partial charge in [0.1, 0.15) is 0 Å². The first-order valence-electron chi connectivity index (χ1n) is 5.99. The zero-order valence-electron chi connectivity index (χ0n) is 10.3. The molecule has 0 bridgehead atoms. The van der Waals surface area contributed by atoms with E-state index < -0.39 is 11.6 Å². The first-order valence-corrected chi connectivity index (χ1v) is 5.99. The normalized spacial score (nSPS) is 21.1. The van der Waals surface area contributed by atoms with E-state index in [0.717, 1.165) is 39.3 Å². The number of aliphatic carboxylic acids is 1. The Hall–Kier alpha value is -0.690. The van der Waals surface area contributed by atoms with Crippen LogP contribution in [0.4, 0.5) is 0 Å². The lowest BCUT2D eigenvalue weighted by molar-refractivity contribution is -0.156. The summed E-state index contributed by atoms with van der Waals surface area (Å²) < 4.78 is 5.24. The van der Waals surface area contributed by atoms with Crippen LogP contribution in [0.2, 0.25) is 0 Å². The molecule has 6 nitrogen and oxygen atoms in total. The Balaban J connectivity index is 2.02. The van der Waals surface area contributed by atoms with Gasteiger partial charge in [-0.3, -0.25) is 4.90 Å². The SMILES string of the molecule is CC(O)(CNCCCN1CCOCC1)C(=O)O. The Morgan fingerprint density at radius 3 is 2.71 bits per heavy atom. The van der Waals surface area contributed by atoms with Crippen molar-refractivity contribution in [3.05, 3.63) is 0 Å². The predicted molar refractivity (Wildman–Crippen MR) is 63.0 cm³/mol. The third-order valence-corrected chi connectivity index (χ3v) is 2.86. The van der Waals surface area contributed by atoms with Gasteiger partial charge in [0, 0.05) is 19.6 Å². The maximum Gasteiger partial charge on any atom is 0.336 e. The average Bonchev–Trinajstić information content (AvgIpc) is 2.29. The highest BCUT2D eigenvalue weighted by molar-refractivity contribution is 5.76. The van der Waals surface area contributed by atoms with Gasteiger partial charge in [-0.2, -0.15) is 0 Å². The van der Waals surface area contributed by atoms with Crippen LogP contribution in [-0.2, 0) is 9.53 Å². The Kier molecular flexibility index (Phi) is 5.84. The molecule has 0 aromatic carbocycles. The number of rotatable bonds is 7. The number of carbonyl (C=O) groups is 1. The minimum Gasteiger partial charge on any atom is -0.479 e. The van der Waals surface area contributed by atoms with Crippen molar-refractivity contribution in [2.75, 3.05) is 45.9 Å². The number of nitrogens with one attached hydrogen (secondary N) is 1. The van der Waals surface area contributed by atoms with Gasteiger partial charge in [0.05, 0.1) is 13.2 Å². The number of carboxylic acid groups (broad SMARTS) is 1. The van der Waals surface area contributed by atoms with E-state index in [-0.39, 0.29) is 6.54 Å². The topological polar surface area (TPSA) is 82.0 Å². The molecule has 0 saturated carbocycles. The molecule has 0 aromatic rings. The Morgan fingerprint density at radius 1 is 1.47 bits per heavy atom. The zero-order valence-corrected chi connectivity index (χ0v) is 10.3. The molecule has 1 aliphatic heterocycles. The molecule has 100 valence electrons. The second kappa shape index (κ2) is 6.90. The van der Waals surface area contributed by atoms with Gasteiger partial charge < -0.3 is 20.3 Å².